The Morgan fingerprint density at radius 3 is 2.65 bits per heavy atom. The van der Waals surface area contributed by atoms with E-state index in [1.165, 1.54) is 56.9 Å². The van der Waals surface area contributed by atoms with Crippen LogP contribution < -0.4 is 10.1 Å². The van der Waals surface area contributed by atoms with Crippen molar-refractivity contribution >= 4 is 0 Å². The first kappa shape index (κ1) is 13.9. The van der Waals surface area contributed by atoms with Gasteiger partial charge in [-0.05, 0) is 56.3 Å². The maximum atomic E-state index is 5.86. The molecule has 2 fully saturated rings. The zero-order valence-electron chi connectivity index (χ0n) is 12.7. The predicted octanol–water partition coefficient (Wildman–Crippen LogP) is 4.39. The maximum absolute atomic E-state index is 5.86. The highest BCUT2D eigenvalue weighted by molar-refractivity contribution is 5.32. The van der Waals surface area contributed by atoms with Crippen molar-refractivity contribution in [2.24, 2.45) is 0 Å². The summed E-state index contributed by atoms with van der Waals surface area (Å²) in [6.07, 6.45) is 10.7. The van der Waals surface area contributed by atoms with Crippen LogP contribution in [-0.4, -0.2) is 12.6 Å². The van der Waals surface area contributed by atoms with Crippen molar-refractivity contribution in [1.82, 2.24) is 5.32 Å². The molecule has 1 N–H and O–H groups in total. The van der Waals surface area contributed by atoms with E-state index in [1.807, 2.05) is 0 Å². The van der Waals surface area contributed by atoms with Gasteiger partial charge in [-0.2, -0.15) is 0 Å². The van der Waals surface area contributed by atoms with Crippen LogP contribution in [0.5, 0.6) is 5.75 Å². The van der Waals surface area contributed by atoms with Crippen LogP contribution in [-0.2, 0) is 5.54 Å². The van der Waals surface area contributed by atoms with E-state index >= 15 is 0 Å². The minimum atomic E-state index is 0.198. The van der Waals surface area contributed by atoms with Crippen LogP contribution >= 0.6 is 0 Å². The van der Waals surface area contributed by atoms with Crippen molar-refractivity contribution < 1.29 is 4.74 Å². The molecule has 2 aliphatic rings. The molecule has 1 aliphatic carbocycles. The molecule has 1 atom stereocenters. The van der Waals surface area contributed by atoms with Crippen LogP contribution in [0.3, 0.4) is 0 Å². The molecule has 110 valence electrons. The SMILES string of the molecule is CCCC1(c2ccc(OC3CC3)cc2)CCCCCN1. The minimum absolute atomic E-state index is 0.198. The van der Waals surface area contributed by atoms with Gasteiger partial charge in [-0.3, -0.25) is 0 Å². The van der Waals surface area contributed by atoms with Crippen molar-refractivity contribution in [1.29, 1.82) is 0 Å². The van der Waals surface area contributed by atoms with Gasteiger partial charge < -0.3 is 10.1 Å². The second kappa shape index (κ2) is 6.17. The Balaban J connectivity index is 1.78. The summed E-state index contributed by atoms with van der Waals surface area (Å²) in [6.45, 7) is 3.44. The summed E-state index contributed by atoms with van der Waals surface area (Å²) in [7, 11) is 0. The lowest BCUT2D eigenvalue weighted by atomic mass is 9.82. The fraction of sp³-hybridized carbons (Fsp3) is 0.667. The second-order valence-corrected chi connectivity index (χ2v) is 6.41. The van der Waals surface area contributed by atoms with Crippen molar-refractivity contribution in [3.05, 3.63) is 29.8 Å². The highest BCUT2D eigenvalue weighted by Crippen LogP contribution is 2.35. The van der Waals surface area contributed by atoms with Crippen molar-refractivity contribution in [3.63, 3.8) is 0 Å². The molecule has 0 amide bonds. The smallest absolute Gasteiger partial charge is 0.119 e. The van der Waals surface area contributed by atoms with Gasteiger partial charge in [0.1, 0.15) is 5.75 Å². The molecule has 1 aliphatic heterocycles. The number of nitrogens with one attached hydrogen (secondary N) is 1. The molecule has 3 rings (SSSR count). The Morgan fingerprint density at radius 2 is 1.95 bits per heavy atom. The van der Waals surface area contributed by atoms with E-state index in [9.17, 15) is 0 Å². The average molecular weight is 273 g/mol. The molecule has 0 radical (unpaired) electrons. The molecule has 1 heterocycles. The number of rotatable bonds is 5. The normalized spacial score (nSPS) is 27.1. The summed E-state index contributed by atoms with van der Waals surface area (Å²) in [6, 6.07) is 8.90. The zero-order valence-corrected chi connectivity index (χ0v) is 12.7. The van der Waals surface area contributed by atoms with Gasteiger partial charge in [-0.1, -0.05) is 38.3 Å². The Kier molecular flexibility index (Phi) is 4.30. The van der Waals surface area contributed by atoms with Gasteiger partial charge in [-0.25, -0.2) is 0 Å². The number of hydrogen-bond acceptors (Lipinski definition) is 2. The fourth-order valence-corrected chi connectivity index (χ4v) is 3.41. The standard InChI is InChI=1S/C18H27NO/c1-2-12-18(13-4-3-5-14-19-18)15-6-8-16(9-7-15)20-17-10-11-17/h6-9,17,19H,2-5,10-14H2,1H3. The summed E-state index contributed by atoms with van der Waals surface area (Å²) < 4.78 is 5.86. The van der Waals surface area contributed by atoms with Crippen LogP contribution in [0.15, 0.2) is 24.3 Å². The Bertz CT molecular complexity index is 414. The van der Waals surface area contributed by atoms with Gasteiger partial charge in [0.2, 0.25) is 0 Å². The topological polar surface area (TPSA) is 21.3 Å². The molecule has 1 aromatic carbocycles. The molecule has 0 aromatic heterocycles. The third-order valence-electron chi connectivity index (χ3n) is 4.65. The van der Waals surface area contributed by atoms with Gasteiger partial charge >= 0.3 is 0 Å². The quantitative estimate of drug-likeness (QED) is 0.859. The summed E-state index contributed by atoms with van der Waals surface area (Å²) in [5.41, 5.74) is 1.65. The van der Waals surface area contributed by atoms with Gasteiger partial charge in [0.05, 0.1) is 6.10 Å². The summed E-state index contributed by atoms with van der Waals surface area (Å²) >= 11 is 0. The molecular formula is C18H27NO. The molecule has 2 heteroatoms. The molecule has 1 saturated carbocycles. The molecular weight excluding hydrogens is 246 g/mol. The molecule has 1 aromatic rings. The average Bonchev–Trinajstić information content (AvgIpc) is 3.28. The first-order chi connectivity index (χ1) is 9.82. The van der Waals surface area contributed by atoms with Gasteiger partial charge in [-0.15, -0.1) is 0 Å². The Hall–Kier alpha value is -1.02. The van der Waals surface area contributed by atoms with E-state index in [1.54, 1.807) is 0 Å². The van der Waals surface area contributed by atoms with E-state index in [2.05, 4.69) is 36.5 Å². The summed E-state index contributed by atoms with van der Waals surface area (Å²) in [5, 5.41) is 3.84. The molecule has 1 unspecified atom stereocenters. The van der Waals surface area contributed by atoms with Crippen molar-refractivity contribution in [2.75, 3.05) is 6.54 Å². The zero-order chi connectivity index (χ0) is 13.8. The summed E-state index contributed by atoms with van der Waals surface area (Å²) in [5.74, 6) is 1.04. The van der Waals surface area contributed by atoms with Crippen molar-refractivity contribution in [2.45, 2.75) is 69.9 Å². The number of ether oxygens (including phenoxy) is 1. The number of hydrogen-bond donors (Lipinski definition) is 1. The van der Waals surface area contributed by atoms with Crippen LogP contribution in [0.2, 0.25) is 0 Å². The van der Waals surface area contributed by atoms with Gasteiger partial charge in [0.15, 0.2) is 0 Å². The van der Waals surface area contributed by atoms with E-state index in [-0.39, 0.29) is 5.54 Å². The van der Waals surface area contributed by atoms with Gasteiger partial charge in [0, 0.05) is 5.54 Å². The monoisotopic (exact) mass is 273 g/mol. The Morgan fingerprint density at radius 1 is 1.15 bits per heavy atom. The lowest BCUT2D eigenvalue weighted by Gasteiger charge is -2.34. The molecule has 1 saturated heterocycles. The Labute approximate surface area is 122 Å². The first-order valence-electron chi connectivity index (χ1n) is 8.35. The molecule has 0 spiro atoms. The van der Waals surface area contributed by atoms with Gasteiger partial charge in [0.25, 0.3) is 0 Å². The third-order valence-corrected chi connectivity index (χ3v) is 4.65. The van der Waals surface area contributed by atoms with E-state index < -0.39 is 0 Å². The summed E-state index contributed by atoms with van der Waals surface area (Å²) in [4.78, 5) is 0. The van der Waals surface area contributed by atoms with Crippen LogP contribution in [0, 0.1) is 0 Å². The predicted molar refractivity (Wildman–Crippen MR) is 83.1 cm³/mol. The molecule has 2 nitrogen and oxygen atoms in total. The lowest BCUT2D eigenvalue weighted by Crippen LogP contribution is -2.41. The van der Waals surface area contributed by atoms with Crippen LogP contribution in [0.25, 0.3) is 0 Å². The van der Waals surface area contributed by atoms with Crippen LogP contribution in [0.4, 0.5) is 0 Å². The highest BCUT2D eigenvalue weighted by Gasteiger charge is 2.31. The lowest BCUT2D eigenvalue weighted by molar-refractivity contribution is 0.292. The fourth-order valence-electron chi connectivity index (χ4n) is 3.41. The van der Waals surface area contributed by atoms with Crippen molar-refractivity contribution in [3.8, 4) is 5.75 Å². The highest BCUT2D eigenvalue weighted by atomic mass is 16.5. The largest absolute Gasteiger partial charge is 0.490 e. The van der Waals surface area contributed by atoms with E-state index in [0.29, 0.717) is 6.10 Å². The number of benzene rings is 1. The third kappa shape index (κ3) is 3.17. The molecule has 0 bridgehead atoms. The first-order valence-corrected chi connectivity index (χ1v) is 8.35. The second-order valence-electron chi connectivity index (χ2n) is 6.41. The van der Waals surface area contributed by atoms with Crippen LogP contribution in [0.1, 0.15) is 63.9 Å². The van der Waals surface area contributed by atoms with E-state index in [4.69, 9.17) is 4.74 Å². The minimum Gasteiger partial charge on any atom is -0.490 e. The maximum Gasteiger partial charge on any atom is 0.119 e. The molecule has 20 heavy (non-hydrogen) atoms. The van der Waals surface area contributed by atoms with E-state index in [0.717, 1.165) is 12.3 Å².